The Morgan fingerprint density at radius 2 is 1.35 bits per heavy atom. The van der Waals surface area contributed by atoms with Crippen LogP contribution in [0.15, 0.2) is 66.7 Å². The Labute approximate surface area is 207 Å². The molecule has 2 amide bonds. The summed E-state index contributed by atoms with van der Waals surface area (Å²) >= 11 is 11.9. The number of hydrogen-bond donors (Lipinski definition) is 2. The first-order valence-electron chi connectivity index (χ1n) is 10.3. The summed E-state index contributed by atoms with van der Waals surface area (Å²) in [5.74, 6) is -0.286. The van der Waals surface area contributed by atoms with E-state index in [0.29, 0.717) is 32.9 Å². The fraction of sp³-hybridized carbons (Fsp3) is 0.160. The zero-order valence-electron chi connectivity index (χ0n) is 18.3. The molecule has 2 N–H and O–H groups in total. The van der Waals surface area contributed by atoms with E-state index in [1.807, 2.05) is 6.92 Å². The lowest BCUT2D eigenvalue weighted by Crippen LogP contribution is -2.21. The molecule has 0 spiro atoms. The van der Waals surface area contributed by atoms with Crippen molar-refractivity contribution in [2.45, 2.75) is 19.8 Å². The van der Waals surface area contributed by atoms with Gasteiger partial charge in [0.25, 0.3) is 5.91 Å². The molecule has 0 aromatic heterocycles. The van der Waals surface area contributed by atoms with Gasteiger partial charge in [0, 0.05) is 27.8 Å². The molecule has 9 heteroatoms. The van der Waals surface area contributed by atoms with Gasteiger partial charge in [-0.25, -0.2) is 0 Å². The van der Waals surface area contributed by atoms with Crippen LogP contribution in [0.1, 0.15) is 18.4 Å². The number of anilines is 2. The molecule has 0 aliphatic carbocycles. The highest BCUT2D eigenvalue weighted by Crippen LogP contribution is 2.24. The van der Waals surface area contributed by atoms with Gasteiger partial charge >= 0.3 is 5.97 Å². The van der Waals surface area contributed by atoms with Gasteiger partial charge in [0.15, 0.2) is 6.61 Å². The molecule has 0 aliphatic rings. The molecule has 3 aromatic carbocycles. The van der Waals surface area contributed by atoms with Crippen LogP contribution in [0.25, 0.3) is 0 Å². The molecular formula is C25H22Cl2N2O5. The second-order valence-corrected chi connectivity index (χ2v) is 8.14. The van der Waals surface area contributed by atoms with Crippen molar-refractivity contribution < 1.29 is 23.9 Å². The standard InChI is InChI=1S/C25H22Cl2N2O5/c1-16-2-5-19(14-22(16)27)29-24(31)15-33-25(32)13-12-23(30)28-18-6-10-21(11-7-18)34-20-8-3-17(26)4-9-20/h2-11,14H,12-13,15H2,1H3,(H,28,30)(H,29,31). The van der Waals surface area contributed by atoms with Gasteiger partial charge in [0.2, 0.25) is 5.91 Å². The second kappa shape index (κ2) is 12.1. The van der Waals surface area contributed by atoms with Crippen LogP contribution in [0.4, 0.5) is 11.4 Å². The number of amides is 2. The number of rotatable bonds is 9. The molecule has 7 nitrogen and oxygen atoms in total. The van der Waals surface area contributed by atoms with Gasteiger partial charge in [-0.05, 0) is 73.2 Å². The maximum Gasteiger partial charge on any atom is 0.306 e. The number of halogens is 2. The third-order valence-corrected chi connectivity index (χ3v) is 5.22. The molecule has 176 valence electrons. The first-order valence-corrected chi connectivity index (χ1v) is 11.1. The Bertz CT molecular complexity index is 1160. The summed E-state index contributed by atoms with van der Waals surface area (Å²) in [5, 5.41) is 6.41. The number of esters is 1. The third kappa shape index (κ3) is 8.10. The first-order chi connectivity index (χ1) is 16.3. The van der Waals surface area contributed by atoms with E-state index in [1.54, 1.807) is 66.7 Å². The number of benzene rings is 3. The largest absolute Gasteiger partial charge is 0.457 e. The predicted molar refractivity (Wildman–Crippen MR) is 132 cm³/mol. The molecule has 0 atom stereocenters. The molecule has 3 aromatic rings. The van der Waals surface area contributed by atoms with Gasteiger partial charge in [-0.1, -0.05) is 29.3 Å². The lowest BCUT2D eigenvalue weighted by Gasteiger charge is -2.09. The Morgan fingerprint density at radius 3 is 2.00 bits per heavy atom. The van der Waals surface area contributed by atoms with Crippen molar-refractivity contribution in [3.8, 4) is 11.5 Å². The third-order valence-electron chi connectivity index (χ3n) is 4.56. The molecule has 0 bridgehead atoms. The van der Waals surface area contributed by atoms with E-state index < -0.39 is 18.5 Å². The van der Waals surface area contributed by atoms with E-state index in [9.17, 15) is 14.4 Å². The Balaban J connectivity index is 1.36. The topological polar surface area (TPSA) is 93.7 Å². The molecule has 0 fully saturated rings. The minimum atomic E-state index is -0.654. The molecule has 0 saturated heterocycles. The van der Waals surface area contributed by atoms with Crippen LogP contribution in [0.2, 0.25) is 10.0 Å². The number of aryl methyl sites for hydroxylation is 1. The van der Waals surface area contributed by atoms with Crippen LogP contribution in [0.5, 0.6) is 11.5 Å². The first kappa shape index (κ1) is 25.1. The van der Waals surface area contributed by atoms with Gasteiger partial charge in [-0.15, -0.1) is 0 Å². The van der Waals surface area contributed by atoms with E-state index in [4.69, 9.17) is 32.7 Å². The van der Waals surface area contributed by atoms with Crippen molar-refractivity contribution in [3.05, 3.63) is 82.3 Å². The minimum Gasteiger partial charge on any atom is -0.457 e. The van der Waals surface area contributed by atoms with Crippen molar-refractivity contribution in [3.63, 3.8) is 0 Å². The maximum atomic E-state index is 12.1. The van der Waals surface area contributed by atoms with E-state index in [2.05, 4.69) is 10.6 Å². The molecule has 0 unspecified atom stereocenters. The summed E-state index contributed by atoms with van der Waals surface area (Å²) in [4.78, 5) is 35.9. The van der Waals surface area contributed by atoms with Crippen LogP contribution in [-0.2, 0) is 19.1 Å². The molecule has 3 rings (SSSR count). The smallest absolute Gasteiger partial charge is 0.306 e. The van der Waals surface area contributed by atoms with Gasteiger partial charge < -0.3 is 20.1 Å². The molecule has 0 heterocycles. The summed E-state index contributed by atoms with van der Waals surface area (Å²) in [6.07, 6.45) is -0.246. The van der Waals surface area contributed by atoms with Crippen LogP contribution >= 0.6 is 23.2 Å². The van der Waals surface area contributed by atoms with Gasteiger partial charge in [0.05, 0.1) is 6.42 Å². The van der Waals surface area contributed by atoms with Crippen molar-refractivity contribution >= 4 is 52.4 Å². The highest BCUT2D eigenvalue weighted by Gasteiger charge is 2.11. The van der Waals surface area contributed by atoms with E-state index >= 15 is 0 Å². The second-order valence-electron chi connectivity index (χ2n) is 7.30. The van der Waals surface area contributed by atoms with E-state index in [1.165, 1.54) is 0 Å². The molecular weight excluding hydrogens is 479 g/mol. The Hall–Kier alpha value is -3.55. The maximum absolute atomic E-state index is 12.1. The molecule has 0 saturated carbocycles. The molecule has 0 aliphatic heterocycles. The fourth-order valence-corrected chi connectivity index (χ4v) is 3.08. The monoisotopic (exact) mass is 500 g/mol. The van der Waals surface area contributed by atoms with Crippen molar-refractivity contribution in [2.75, 3.05) is 17.2 Å². The van der Waals surface area contributed by atoms with Crippen molar-refractivity contribution in [1.29, 1.82) is 0 Å². The van der Waals surface area contributed by atoms with Crippen molar-refractivity contribution in [1.82, 2.24) is 0 Å². The van der Waals surface area contributed by atoms with E-state index in [0.717, 1.165) is 5.56 Å². The fourth-order valence-electron chi connectivity index (χ4n) is 2.77. The van der Waals surface area contributed by atoms with E-state index in [-0.39, 0.29) is 18.7 Å². The normalized spacial score (nSPS) is 10.3. The van der Waals surface area contributed by atoms with Gasteiger partial charge in [-0.3, -0.25) is 14.4 Å². The SMILES string of the molecule is Cc1ccc(NC(=O)COC(=O)CCC(=O)Nc2ccc(Oc3ccc(Cl)cc3)cc2)cc1Cl. The highest BCUT2D eigenvalue weighted by molar-refractivity contribution is 6.31. The summed E-state index contributed by atoms with van der Waals surface area (Å²) in [6.45, 7) is 1.39. The number of carbonyl (C=O) groups is 3. The number of nitrogens with one attached hydrogen (secondary N) is 2. The van der Waals surface area contributed by atoms with Gasteiger partial charge in [0.1, 0.15) is 11.5 Å². The zero-order chi connectivity index (χ0) is 24.5. The van der Waals surface area contributed by atoms with Crippen LogP contribution < -0.4 is 15.4 Å². The van der Waals surface area contributed by atoms with Gasteiger partial charge in [-0.2, -0.15) is 0 Å². The van der Waals surface area contributed by atoms with Crippen LogP contribution in [0, 0.1) is 6.92 Å². The number of carbonyl (C=O) groups excluding carboxylic acids is 3. The summed E-state index contributed by atoms with van der Waals surface area (Å²) in [6, 6.07) is 18.8. The summed E-state index contributed by atoms with van der Waals surface area (Å²) < 4.78 is 10.6. The average molecular weight is 501 g/mol. The number of ether oxygens (including phenoxy) is 2. The lowest BCUT2D eigenvalue weighted by molar-refractivity contribution is -0.147. The Kier molecular flexibility index (Phi) is 8.90. The highest BCUT2D eigenvalue weighted by atomic mass is 35.5. The van der Waals surface area contributed by atoms with Crippen LogP contribution in [-0.4, -0.2) is 24.4 Å². The predicted octanol–water partition coefficient (Wildman–Crippen LogP) is 5.99. The zero-order valence-corrected chi connectivity index (χ0v) is 19.8. The summed E-state index contributed by atoms with van der Waals surface area (Å²) in [7, 11) is 0. The quantitative estimate of drug-likeness (QED) is 0.351. The minimum absolute atomic E-state index is 0.0863. The van der Waals surface area contributed by atoms with Crippen molar-refractivity contribution in [2.24, 2.45) is 0 Å². The number of hydrogen-bond acceptors (Lipinski definition) is 5. The lowest BCUT2D eigenvalue weighted by atomic mass is 10.2. The molecule has 0 radical (unpaired) electrons. The van der Waals surface area contributed by atoms with Crippen LogP contribution in [0.3, 0.4) is 0 Å². The average Bonchev–Trinajstić information content (AvgIpc) is 2.81. The summed E-state index contributed by atoms with van der Waals surface area (Å²) in [5.41, 5.74) is 1.94. The Morgan fingerprint density at radius 1 is 0.765 bits per heavy atom. The molecule has 34 heavy (non-hydrogen) atoms.